The highest BCUT2D eigenvalue weighted by molar-refractivity contribution is 5.85. The zero-order chi connectivity index (χ0) is 13.0. The molecule has 0 amide bonds. The molecule has 0 aliphatic carbocycles. The summed E-state index contributed by atoms with van der Waals surface area (Å²) in [6.07, 6.45) is 1.59. The van der Waals surface area contributed by atoms with Gasteiger partial charge >= 0.3 is 0 Å². The van der Waals surface area contributed by atoms with Gasteiger partial charge < -0.3 is 4.90 Å². The van der Waals surface area contributed by atoms with Crippen LogP contribution in [0.1, 0.15) is 37.6 Å². The molecule has 1 unspecified atom stereocenters. The van der Waals surface area contributed by atoms with Crippen molar-refractivity contribution in [2.24, 2.45) is 5.92 Å². The minimum absolute atomic E-state index is 0.144. The molecule has 0 saturated carbocycles. The lowest BCUT2D eigenvalue weighted by atomic mass is 10.0. The predicted molar refractivity (Wildman–Crippen MR) is 69.1 cm³/mol. The van der Waals surface area contributed by atoms with E-state index < -0.39 is 5.82 Å². The summed E-state index contributed by atoms with van der Waals surface area (Å²) in [6.45, 7) is 6.38. The summed E-state index contributed by atoms with van der Waals surface area (Å²) in [7, 11) is 1.90. The van der Waals surface area contributed by atoms with E-state index in [2.05, 4.69) is 20.8 Å². The number of benzene rings is 1. The molecule has 0 heterocycles. The number of nitrogens with zero attached hydrogens (tertiary/aromatic N) is 1. The number of hydrogen-bond acceptors (Lipinski definition) is 2. The van der Waals surface area contributed by atoms with E-state index in [9.17, 15) is 9.18 Å². The van der Waals surface area contributed by atoms with Crippen LogP contribution in [0.4, 0.5) is 10.1 Å². The van der Waals surface area contributed by atoms with Crippen molar-refractivity contribution in [3.05, 3.63) is 29.6 Å². The van der Waals surface area contributed by atoms with Crippen molar-refractivity contribution in [1.82, 2.24) is 0 Å². The molecule has 0 fully saturated rings. The normalized spacial score (nSPS) is 12.6. The van der Waals surface area contributed by atoms with Gasteiger partial charge in [-0.05, 0) is 31.4 Å². The van der Waals surface area contributed by atoms with Crippen LogP contribution in [0.2, 0.25) is 0 Å². The van der Waals surface area contributed by atoms with Crippen molar-refractivity contribution < 1.29 is 9.18 Å². The van der Waals surface area contributed by atoms with E-state index in [0.29, 0.717) is 17.9 Å². The summed E-state index contributed by atoms with van der Waals surface area (Å²) in [4.78, 5) is 12.9. The molecule has 0 radical (unpaired) electrons. The fourth-order valence-electron chi connectivity index (χ4n) is 2.03. The zero-order valence-electron chi connectivity index (χ0n) is 10.9. The number of carbonyl (C=O) groups is 1. The standard InChI is InChI=1S/C14H20FNO/c1-10(2)8-11(3)16(4)14-7-5-6-13(15)12(14)9-17/h5-7,9-11H,8H2,1-4H3. The van der Waals surface area contributed by atoms with Gasteiger partial charge in [0.2, 0.25) is 0 Å². The van der Waals surface area contributed by atoms with Gasteiger partial charge in [-0.15, -0.1) is 0 Å². The Morgan fingerprint density at radius 3 is 2.53 bits per heavy atom. The molecule has 0 aliphatic rings. The van der Waals surface area contributed by atoms with Gasteiger partial charge in [-0.2, -0.15) is 0 Å². The number of halogens is 1. The van der Waals surface area contributed by atoms with E-state index in [0.717, 1.165) is 6.42 Å². The topological polar surface area (TPSA) is 20.3 Å². The first kappa shape index (κ1) is 13.7. The summed E-state index contributed by atoms with van der Waals surface area (Å²) in [5, 5.41) is 0. The molecule has 3 heteroatoms. The highest BCUT2D eigenvalue weighted by Gasteiger charge is 2.16. The lowest BCUT2D eigenvalue weighted by molar-refractivity contribution is 0.112. The largest absolute Gasteiger partial charge is 0.371 e. The second-order valence-corrected chi connectivity index (χ2v) is 4.88. The van der Waals surface area contributed by atoms with Crippen molar-refractivity contribution in [2.45, 2.75) is 33.2 Å². The van der Waals surface area contributed by atoms with Crippen molar-refractivity contribution in [3.8, 4) is 0 Å². The average molecular weight is 237 g/mol. The average Bonchev–Trinajstić information content (AvgIpc) is 2.26. The highest BCUT2D eigenvalue weighted by atomic mass is 19.1. The SMILES string of the molecule is CC(C)CC(C)N(C)c1cccc(F)c1C=O. The maximum Gasteiger partial charge on any atom is 0.155 e. The second-order valence-electron chi connectivity index (χ2n) is 4.88. The van der Waals surface area contributed by atoms with E-state index in [-0.39, 0.29) is 11.6 Å². The van der Waals surface area contributed by atoms with E-state index in [4.69, 9.17) is 0 Å². The van der Waals surface area contributed by atoms with Gasteiger partial charge in [-0.1, -0.05) is 19.9 Å². The maximum absolute atomic E-state index is 13.5. The Balaban J connectivity index is 2.99. The van der Waals surface area contributed by atoms with Gasteiger partial charge in [0, 0.05) is 13.1 Å². The van der Waals surface area contributed by atoms with E-state index in [1.807, 2.05) is 11.9 Å². The first-order chi connectivity index (χ1) is 7.97. The molecular weight excluding hydrogens is 217 g/mol. The van der Waals surface area contributed by atoms with Crippen molar-refractivity contribution in [1.29, 1.82) is 0 Å². The third kappa shape index (κ3) is 3.29. The van der Waals surface area contributed by atoms with Crippen LogP contribution >= 0.6 is 0 Å². The van der Waals surface area contributed by atoms with Crippen LogP contribution in [0.25, 0.3) is 0 Å². The van der Waals surface area contributed by atoms with E-state index in [1.165, 1.54) is 6.07 Å². The molecule has 0 bridgehead atoms. The molecule has 0 aliphatic heterocycles. The number of rotatable bonds is 5. The molecule has 0 aromatic heterocycles. The summed E-state index contributed by atoms with van der Waals surface area (Å²) >= 11 is 0. The lowest BCUT2D eigenvalue weighted by Gasteiger charge is -2.29. The van der Waals surface area contributed by atoms with E-state index >= 15 is 0 Å². The Bertz CT molecular complexity index is 390. The molecule has 0 N–H and O–H groups in total. The number of hydrogen-bond donors (Lipinski definition) is 0. The predicted octanol–water partition coefficient (Wildman–Crippen LogP) is 3.51. The molecule has 0 saturated heterocycles. The third-order valence-electron chi connectivity index (χ3n) is 3.00. The van der Waals surface area contributed by atoms with Crippen LogP contribution in [0.15, 0.2) is 18.2 Å². The smallest absolute Gasteiger partial charge is 0.155 e. The molecule has 1 rings (SSSR count). The van der Waals surface area contributed by atoms with Gasteiger partial charge in [0.25, 0.3) is 0 Å². The van der Waals surface area contributed by atoms with Crippen molar-refractivity contribution in [2.75, 3.05) is 11.9 Å². The highest BCUT2D eigenvalue weighted by Crippen LogP contribution is 2.24. The van der Waals surface area contributed by atoms with Crippen LogP contribution in [0.3, 0.4) is 0 Å². The third-order valence-corrected chi connectivity index (χ3v) is 3.00. The Kier molecular flexibility index (Phi) is 4.67. The number of aldehydes is 1. The Hall–Kier alpha value is -1.38. The van der Waals surface area contributed by atoms with Crippen LogP contribution in [-0.2, 0) is 0 Å². The maximum atomic E-state index is 13.5. The summed E-state index contributed by atoms with van der Waals surface area (Å²) < 4.78 is 13.5. The molecule has 94 valence electrons. The molecule has 2 nitrogen and oxygen atoms in total. The lowest BCUT2D eigenvalue weighted by Crippen LogP contribution is -2.31. The zero-order valence-corrected chi connectivity index (χ0v) is 10.9. The fourth-order valence-corrected chi connectivity index (χ4v) is 2.03. The summed E-state index contributed by atoms with van der Waals surface area (Å²) in [5.41, 5.74) is 0.804. The molecule has 1 atom stereocenters. The Morgan fingerprint density at radius 2 is 2.00 bits per heavy atom. The number of anilines is 1. The van der Waals surface area contributed by atoms with Crippen molar-refractivity contribution in [3.63, 3.8) is 0 Å². The van der Waals surface area contributed by atoms with Crippen molar-refractivity contribution >= 4 is 12.0 Å². The van der Waals surface area contributed by atoms with Gasteiger partial charge in [0.15, 0.2) is 6.29 Å². The Labute approximate surface area is 102 Å². The van der Waals surface area contributed by atoms with Gasteiger partial charge in [0.1, 0.15) is 5.82 Å². The summed E-state index contributed by atoms with van der Waals surface area (Å²) in [6, 6.07) is 5.00. The molecule has 0 spiro atoms. The van der Waals surface area contributed by atoms with Crippen LogP contribution in [-0.4, -0.2) is 19.4 Å². The fraction of sp³-hybridized carbons (Fsp3) is 0.500. The van der Waals surface area contributed by atoms with Crippen LogP contribution in [0, 0.1) is 11.7 Å². The molecule has 1 aromatic rings. The van der Waals surface area contributed by atoms with Gasteiger partial charge in [0.05, 0.1) is 11.3 Å². The first-order valence-corrected chi connectivity index (χ1v) is 5.93. The van der Waals surface area contributed by atoms with E-state index in [1.54, 1.807) is 12.1 Å². The quantitative estimate of drug-likeness (QED) is 0.730. The Morgan fingerprint density at radius 1 is 1.35 bits per heavy atom. The van der Waals surface area contributed by atoms with Crippen LogP contribution < -0.4 is 4.90 Å². The minimum Gasteiger partial charge on any atom is -0.371 e. The second kappa shape index (κ2) is 5.80. The van der Waals surface area contributed by atoms with Crippen LogP contribution in [0.5, 0.6) is 0 Å². The minimum atomic E-state index is -0.457. The molecular formula is C14H20FNO. The molecule has 17 heavy (non-hydrogen) atoms. The number of carbonyl (C=O) groups excluding carboxylic acids is 1. The monoisotopic (exact) mass is 237 g/mol. The van der Waals surface area contributed by atoms with Gasteiger partial charge in [-0.25, -0.2) is 4.39 Å². The van der Waals surface area contributed by atoms with Gasteiger partial charge in [-0.3, -0.25) is 4.79 Å². The molecule has 1 aromatic carbocycles. The first-order valence-electron chi connectivity index (χ1n) is 5.93. The summed E-state index contributed by atoms with van der Waals surface area (Å²) in [5.74, 6) is 0.113.